The lowest BCUT2D eigenvalue weighted by Crippen LogP contribution is -2.41. The minimum absolute atomic E-state index is 0.000463. The molecule has 31 heavy (non-hydrogen) atoms. The van der Waals surface area contributed by atoms with Gasteiger partial charge in [-0.15, -0.1) is 0 Å². The smallest absolute Gasteiger partial charge is 0.319 e. The van der Waals surface area contributed by atoms with E-state index in [0.717, 1.165) is 11.1 Å². The van der Waals surface area contributed by atoms with Crippen LogP contribution in [0.2, 0.25) is 0 Å². The van der Waals surface area contributed by atoms with Gasteiger partial charge in [0, 0.05) is 25.8 Å². The van der Waals surface area contributed by atoms with Gasteiger partial charge in [-0.1, -0.05) is 48.0 Å². The van der Waals surface area contributed by atoms with Gasteiger partial charge in [-0.25, -0.2) is 4.79 Å². The van der Waals surface area contributed by atoms with Crippen LogP contribution in [0, 0.1) is 6.92 Å². The number of amides is 3. The fourth-order valence-corrected chi connectivity index (χ4v) is 3.44. The molecule has 1 heterocycles. The SMILES string of the molecule is Cc1ccc(NC(=O)NCC2OC(CC(=O)N(C)Cc3ccccc3)C(O)C2O)cc1. The molecular weight excluding hydrogens is 398 g/mol. The maximum atomic E-state index is 12.5. The summed E-state index contributed by atoms with van der Waals surface area (Å²) in [6.07, 6.45) is -4.12. The predicted octanol–water partition coefficient (Wildman–Crippen LogP) is 1.65. The van der Waals surface area contributed by atoms with Gasteiger partial charge in [0.1, 0.15) is 18.3 Å². The third kappa shape index (κ3) is 6.27. The molecule has 166 valence electrons. The number of urea groups is 1. The molecule has 8 heteroatoms. The lowest BCUT2D eigenvalue weighted by molar-refractivity contribution is -0.134. The van der Waals surface area contributed by atoms with Gasteiger partial charge in [-0.2, -0.15) is 0 Å². The number of hydrogen-bond donors (Lipinski definition) is 4. The van der Waals surface area contributed by atoms with Crippen molar-refractivity contribution in [1.29, 1.82) is 0 Å². The highest BCUT2D eigenvalue weighted by Gasteiger charge is 2.43. The van der Waals surface area contributed by atoms with Crippen molar-refractivity contribution in [2.45, 2.75) is 44.3 Å². The first kappa shape index (κ1) is 22.7. The zero-order valence-electron chi connectivity index (χ0n) is 17.7. The summed E-state index contributed by atoms with van der Waals surface area (Å²) < 4.78 is 5.68. The van der Waals surface area contributed by atoms with Crippen molar-refractivity contribution in [2.24, 2.45) is 0 Å². The second-order valence-electron chi connectivity index (χ2n) is 7.83. The summed E-state index contributed by atoms with van der Waals surface area (Å²) in [6.45, 7) is 2.39. The third-order valence-corrected chi connectivity index (χ3v) is 5.30. The van der Waals surface area contributed by atoms with Crippen LogP contribution in [-0.2, 0) is 16.1 Å². The van der Waals surface area contributed by atoms with Crippen LogP contribution in [0.5, 0.6) is 0 Å². The highest BCUT2D eigenvalue weighted by molar-refractivity contribution is 5.89. The Bertz CT molecular complexity index is 875. The van der Waals surface area contributed by atoms with Gasteiger partial charge in [0.05, 0.1) is 12.5 Å². The van der Waals surface area contributed by atoms with Crippen molar-refractivity contribution in [1.82, 2.24) is 10.2 Å². The molecule has 4 unspecified atom stereocenters. The quantitative estimate of drug-likeness (QED) is 0.537. The molecule has 2 aromatic rings. The van der Waals surface area contributed by atoms with E-state index in [4.69, 9.17) is 4.74 Å². The van der Waals surface area contributed by atoms with E-state index >= 15 is 0 Å². The van der Waals surface area contributed by atoms with Crippen LogP contribution in [0.3, 0.4) is 0 Å². The molecular formula is C23H29N3O5. The molecule has 4 N–H and O–H groups in total. The van der Waals surface area contributed by atoms with Crippen molar-refractivity contribution in [3.05, 3.63) is 65.7 Å². The number of carbonyl (C=O) groups is 2. The number of rotatable bonds is 7. The number of anilines is 1. The topological polar surface area (TPSA) is 111 Å². The number of hydrogen-bond acceptors (Lipinski definition) is 5. The minimum Gasteiger partial charge on any atom is -0.388 e. The summed E-state index contributed by atoms with van der Waals surface area (Å²) in [4.78, 5) is 26.2. The first-order chi connectivity index (χ1) is 14.8. The second kappa shape index (κ2) is 10.4. The van der Waals surface area contributed by atoms with Crippen LogP contribution >= 0.6 is 0 Å². The van der Waals surface area contributed by atoms with Gasteiger partial charge in [-0.05, 0) is 24.6 Å². The van der Waals surface area contributed by atoms with Crippen LogP contribution in [0.1, 0.15) is 17.5 Å². The molecule has 0 aromatic heterocycles. The molecule has 0 spiro atoms. The van der Waals surface area contributed by atoms with Crippen molar-refractivity contribution < 1.29 is 24.5 Å². The maximum absolute atomic E-state index is 12.5. The average Bonchev–Trinajstić information content (AvgIpc) is 3.02. The van der Waals surface area contributed by atoms with Crippen LogP contribution < -0.4 is 10.6 Å². The highest BCUT2D eigenvalue weighted by Crippen LogP contribution is 2.24. The fraction of sp³-hybridized carbons (Fsp3) is 0.391. The lowest BCUT2D eigenvalue weighted by Gasteiger charge is -2.21. The molecule has 1 saturated heterocycles. The summed E-state index contributed by atoms with van der Waals surface area (Å²) in [6, 6.07) is 16.5. The molecule has 0 radical (unpaired) electrons. The molecule has 8 nitrogen and oxygen atoms in total. The second-order valence-corrected chi connectivity index (χ2v) is 7.83. The standard InChI is InChI=1S/C23H29N3O5/c1-15-8-10-17(11-9-15)25-23(30)24-13-19-22(29)21(28)18(31-19)12-20(27)26(2)14-16-6-4-3-5-7-16/h3-11,18-19,21-22,28-29H,12-14H2,1-2H3,(H2,24,25,30). The molecule has 0 bridgehead atoms. The Hall–Kier alpha value is -2.94. The number of nitrogens with zero attached hydrogens (tertiary/aromatic N) is 1. The van der Waals surface area contributed by atoms with Gasteiger partial charge < -0.3 is 30.5 Å². The van der Waals surface area contributed by atoms with Gasteiger partial charge in [-0.3, -0.25) is 4.79 Å². The zero-order valence-corrected chi connectivity index (χ0v) is 17.7. The van der Waals surface area contributed by atoms with Gasteiger partial charge in [0.15, 0.2) is 0 Å². The lowest BCUT2D eigenvalue weighted by atomic mass is 10.0. The summed E-state index contributed by atoms with van der Waals surface area (Å²) >= 11 is 0. The van der Waals surface area contributed by atoms with Crippen LogP contribution in [0.4, 0.5) is 10.5 Å². The van der Waals surface area contributed by atoms with E-state index in [1.54, 1.807) is 24.1 Å². The fourth-order valence-electron chi connectivity index (χ4n) is 3.44. The molecule has 1 aliphatic rings. The summed E-state index contributed by atoms with van der Waals surface area (Å²) in [7, 11) is 1.68. The van der Waals surface area contributed by atoms with Gasteiger partial charge in [0.2, 0.25) is 5.91 Å². The Labute approximate surface area is 181 Å². The van der Waals surface area contributed by atoms with E-state index < -0.39 is 30.4 Å². The zero-order chi connectivity index (χ0) is 22.4. The maximum Gasteiger partial charge on any atom is 0.319 e. The summed E-state index contributed by atoms with van der Waals surface area (Å²) in [5, 5.41) is 25.9. The van der Waals surface area contributed by atoms with E-state index in [-0.39, 0.29) is 18.9 Å². The Balaban J connectivity index is 1.47. The number of nitrogens with one attached hydrogen (secondary N) is 2. The Morgan fingerprint density at radius 2 is 1.65 bits per heavy atom. The van der Waals surface area contributed by atoms with Gasteiger partial charge >= 0.3 is 6.03 Å². The van der Waals surface area contributed by atoms with Crippen molar-refractivity contribution >= 4 is 17.6 Å². The summed E-state index contributed by atoms with van der Waals surface area (Å²) in [5.41, 5.74) is 2.71. The third-order valence-electron chi connectivity index (χ3n) is 5.30. The number of benzene rings is 2. The molecule has 0 aliphatic carbocycles. The summed E-state index contributed by atoms with van der Waals surface area (Å²) in [5.74, 6) is -0.203. The van der Waals surface area contributed by atoms with E-state index in [1.165, 1.54) is 0 Å². The van der Waals surface area contributed by atoms with Crippen LogP contribution in [-0.4, -0.2) is 65.1 Å². The van der Waals surface area contributed by atoms with E-state index in [1.807, 2.05) is 49.4 Å². The van der Waals surface area contributed by atoms with Gasteiger partial charge in [0.25, 0.3) is 0 Å². The Morgan fingerprint density at radius 3 is 2.32 bits per heavy atom. The highest BCUT2D eigenvalue weighted by atomic mass is 16.5. The molecule has 0 saturated carbocycles. The Morgan fingerprint density at radius 1 is 1.00 bits per heavy atom. The van der Waals surface area contributed by atoms with E-state index in [9.17, 15) is 19.8 Å². The first-order valence-electron chi connectivity index (χ1n) is 10.2. The number of carbonyl (C=O) groups excluding carboxylic acids is 2. The average molecular weight is 428 g/mol. The predicted molar refractivity (Wildman–Crippen MR) is 116 cm³/mol. The van der Waals surface area contributed by atoms with E-state index in [2.05, 4.69) is 10.6 Å². The van der Waals surface area contributed by atoms with Crippen molar-refractivity contribution in [2.75, 3.05) is 18.9 Å². The van der Waals surface area contributed by atoms with Crippen molar-refractivity contribution in [3.63, 3.8) is 0 Å². The number of ether oxygens (including phenoxy) is 1. The molecule has 1 aliphatic heterocycles. The number of aliphatic hydroxyl groups is 2. The van der Waals surface area contributed by atoms with Crippen LogP contribution in [0.15, 0.2) is 54.6 Å². The van der Waals surface area contributed by atoms with E-state index in [0.29, 0.717) is 12.2 Å². The molecule has 3 rings (SSSR count). The van der Waals surface area contributed by atoms with Crippen LogP contribution in [0.25, 0.3) is 0 Å². The first-order valence-corrected chi connectivity index (χ1v) is 10.2. The molecule has 3 amide bonds. The molecule has 1 fully saturated rings. The normalized spacial score (nSPS) is 22.7. The molecule has 4 atom stereocenters. The Kier molecular flexibility index (Phi) is 7.62. The monoisotopic (exact) mass is 427 g/mol. The van der Waals surface area contributed by atoms with Crippen molar-refractivity contribution in [3.8, 4) is 0 Å². The minimum atomic E-state index is -1.21. The number of aryl methyl sites for hydroxylation is 1. The largest absolute Gasteiger partial charge is 0.388 e. The number of aliphatic hydroxyl groups excluding tert-OH is 2. The molecule has 2 aromatic carbocycles.